The van der Waals surface area contributed by atoms with Crippen molar-refractivity contribution in [1.29, 1.82) is 0 Å². The second-order valence-corrected chi connectivity index (χ2v) is 11.5. The van der Waals surface area contributed by atoms with Gasteiger partial charge in [-0.2, -0.15) is 0 Å². The summed E-state index contributed by atoms with van der Waals surface area (Å²) in [6.45, 7) is 1.88. The third-order valence-electron chi connectivity index (χ3n) is 6.70. The molecule has 0 bridgehead atoms. The first kappa shape index (κ1) is 24.6. The fourth-order valence-electron chi connectivity index (χ4n) is 4.61. The minimum Gasteiger partial charge on any atom is -0.376 e. The second kappa shape index (κ2) is 10.5. The Labute approximate surface area is 210 Å². The number of benzene rings is 2. The molecule has 1 saturated heterocycles. The van der Waals surface area contributed by atoms with E-state index < -0.39 is 15.7 Å². The molecule has 36 heavy (non-hydrogen) atoms. The molecule has 0 spiro atoms. The number of amides is 1. The van der Waals surface area contributed by atoms with Gasteiger partial charge in [0.25, 0.3) is 5.91 Å². The first-order chi connectivity index (χ1) is 17.4. The predicted octanol–water partition coefficient (Wildman–Crippen LogP) is 4.23. The number of aromatic nitrogens is 2. The van der Waals surface area contributed by atoms with Crippen LogP contribution in [0.3, 0.4) is 0 Å². The maximum atomic E-state index is 13.4. The number of carbonyl (C=O) groups is 1. The number of hydrogen-bond acceptors (Lipinski definition) is 5. The first-order valence-electron chi connectivity index (χ1n) is 12.4. The van der Waals surface area contributed by atoms with E-state index in [-0.39, 0.29) is 29.5 Å². The summed E-state index contributed by atoms with van der Waals surface area (Å²) in [6, 6.07) is 14.6. The molecule has 1 aliphatic carbocycles. The molecule has 1 atom stereocenters. The van der Waals surface area contributed by atoms with Gasteiger partial charge >= 0.3 is 0 Å². The highest BCUT2D eigenvalue weighted by atomic mass is 32.2. The van der Waals surface area contributed by atoms with Crippen molar-refractivity contribution in [2.45, 2.75) is 55.8 Å². The van der Waals surface area contributed by atoms with Crippen molar-refractivity contribution in [2.75, 3.05) is 13.2 Å². The highest BCUT2D eigenvalue weighted by Gasteiger charge is 2.31. The summed E-state index contributed by atoms with van der Waals surface area (Å²) in [5, 5.41) is -0.0455. The Hall–Kier alpha value is -3.04. The van der Waals surface area contributed by atoms with Gasteiger partial charge in [0.2, 0.25) is 15.0 Å². The van der Waals surface area contributed by atoms with Crippen LogP contribution >= 0.6 is 0 Å². The van der Waals surface area contributed by atoms with E-state index in [1.54, 1.807) is 27.8 Å². The van der Waals surface area contributed by atoms with Crippen LogP contribution in [-0.4, -0.2) is 48.0 Å². The monoisotopic (exact) mass is 511 g/mol. The first-order valence-corrected chi connectivity index (χ1v) is 14.0. The van der Waals surface area contributed by atoms with Crippen molar-refractivity contribution in [1.82, 2.24) is 14.5 Å². The molecule has 1 unspecified atom stereocenters. The molecule has 2 fully saturated rings. The fraction of sp³-hybridized carbons (Fsp3) is 0.407. The minimum atomic E-state index is -3.83. The summed E-state index contributed by atoms with van der Waals surface area (Å²) in [5.41, 5.74) is 1.75. The van der Waals surface area contributed by atoms with Crippen LogP contribution in [-0.2, 0) is 33.4 Å². The van der Waals surface area contributed by atoms with Gasteiger partial charge < -0.3 is 14.2 Å². The Morgan fingerprint density at radius 3 is 2.50 bits per heavy atom. The maximum absolute atomic E-state index is 13.4. The van der Waals surface area contributed by atoms with Crippen LogP contribution < -0.4 is 0 Å². The smallest absolute Gasteiger partial charge is 0.254 e. The Balaban J connectivity index is 1.45. The van der Waals surface area contributed by atoms with Gasteiger partial charge in [-0.1, -0.05) is 30.3 Å². The Morgan fingerprint density at radius 2 is 1.83 bits per heavy atom. The SMILES string of the molecule is O=C(c1ccccc1)N(Cc1cnc(S(=O)(=O)Cc2ccc(F)cc2)n1CC1CCCO1)CC1CC1. The zero-order valence-corrected chi connectivity index (χ0v) is 20.9. The number of rotatable bonds is 10. The summed E-state index contributed by atoms with van der Waals surface area (Å²) in [6.07, 6.45) is 5.39. The Kier molecular flexibility index (Phi) is 7.20. The molecule has 0 N–H and O–H groups in total. The van der Waals surface area contributed by atoms with E-state index >= 15 is 0 Å². The summed E-state index contributed by atoms with van der Waals surface area (Å²) in [5.74, 6) is -0.321. The molecule has 9 heteroatoms. The largest absolute Gasteiger partial charge is 0.376 e. The molecule has 3 aromatic rings. The number of halogens is 1. The van der Waals surface area contributed by atoms with Crippen molar-refractivity contribution < 1.29 is 22.3 Å². The van der Waals surface area contributed by atoms with Gasteiger partial charge in [-0.05, 0) is 61.4 Å². The molecule has 2 heterocycles. The Morgan fingerprint density at radius 1 is 1.08 bits per heavy atom. The van der Waals surface area contributed by atoms with Crippen LogP contribution in [0.15, 0.2) is 66.0 Å². The van der Waals surface area contributed by atoms with E-state index in [2.05, 4.69) is 4.98 Å². The standard InChI is InChI=1S/C27H30FN3O4S/c28-23-12-10-21(11-13-23)19-36(33,34)27-29-15-24(31(27)18-25-7-4-14-35-25)17-30(16-20-8-9-20)26(32)22-5-2-1-3-6-22/h1-3,5-6,10-13,15,20,25H,4,7-9,14,16-19H2. The van der Waals surface area contributed by atoms with Crippen molar-refractivity contribution in [2.24, 2.45) is 5.92 Å². The molecule has 1 aromatic heterocycles. The third kappa shape index (κ3) is 5.84. The summed E-state index contributed by atoms with van der Waals surface area (Å²) in [4.78, 5) is 19.5. The Bertz CT molecular complexity index is 1300. The van der Waals surface area contributed by atoms with E-state index in [1.165, 1.54) is 24.3 Å². The lowest BCUT2D eigenvalue weighted by Crippen LogP contribution is -2.34. The number of carbonyl (C=O) groups excluding carboxylic acids is 1. The van der Waals surface area contributed by atoms with E-state index in [9.17, 15) is 17.6 Å². The van der Waals surface area contributed by atoms with Crippen molar-refractivity contribution in [3.63, 3.8) is 0 Å². The molecule has 1 amide bonds. The summed E-state index contributed by atoms with van der Waals surface area (Å²) < 4.78 is 47.7. The van der Waals surface area contributed by atoms with Gasteiger partial charge in [0.1, 0.15) is 5.82 Å². The normalized spacial score (nSPS) is 17.9. The third-order valence-corrected chi connectivity index (χ3v) is 8.29. The van der Waals surface area contributed by atoms with Gasteiger partial charge in [-0.25, -0.2) is 17.8 Å². The highest BCUT2D eigenvalue weighted by molar-refractivity contribution is 7.90. The molecule has 2 aliphatic rings. The van der Waals surface area contributed by atoms with Crippen LogP contribution in [0.4, 0.5) is 4.39 Å². The van der Waals surface area contributed by atoms with E-state index in [1.807, 2.05) is 18.2 Å². The highest BCUT2D eigenvalue weighted by Crippen LogP contribution is 2.31. The predicted molar refractivity (Wildman–Crippen MR) is 132 cm³/mol. The minimum absolute atomic E-state index is 0.0455. The van der Waals surface area contributed by atoms with Gasteiger partial charge in [0.05, 0.1) is 36.8 Å². The van der Waals surface area contributed by atoms with Gasteiger partial charge in [-0.15, -0.1) is 0 Å². The molecular weight excluding hydrogens is 481 g/mol. The molecule has 2 aromatic carbocycles. The number of sulfone groups is 1. The second-order valence-electron chi connectivity index (χ2n) is 9.66. The van der Waals surface area contributed by atoms with Gasteiger partial charge in [0.15, 0.2) is 0 Å². The quantitative estimate of drug-likeness (QED) is 0.407. The van der Waals surface area contributed by atoms with Crippen LogP contribution in [0, 0.1) is 11.7 Å². The van der Waals surface area contributed by atoms with E-state index in [0.717, 1.165) is 25.7 Å². The number of hydrogen-bond donors (Lipinski definition) is 0. The lowest BCUT2D eigenvalue weighted by atomic mass is 10.2. The number of nitrogens with zero attached hydrogens (tertiary/aromatic N) is 3. The lowest BCUT2D eigenvalue weighted by molar-refractivity contribution is 0.0723. The van der Waals surface area contributed by atoms with Crippen molar-refractivity contribution in [3.05, 3.63) is 83.4 Å². The topological polar surface area (TPSA) is 81.5 Å². The number of imidazole rings is 1. The fourth-order valence-corrected chi connectivity index (χ4v) is 6.11. The van der Waals surface area contributed by atoms with Crippen LogP contribution in [0.5, 0.6) is 0 Å². The molecule has 1 saturated carbocycles. The van der Waals surface area contributed by atoms with Crippen molar-refractivity contribution in [3.8, 4) is 0 Å². The van der Waals surface area contributed by atoms with Crippen molar-refractivity contribution >= 4 is 15.7 Å². The lowest BCUT2D eigenvalue weighted by Gasteiger charge is -2.24. The van der Waals surface area contributed by atoms with Gasteiger partial charge in [-0.3, -0.25) is 4.79 Å². The van der Waals surface area contributed by atoms with Crippen LogP contribution in [0.1, 0.15) is 47.3 Å². The average molecular weight is 512 g/mol. The molecule has 0 radical (unpaired) electrons. The summed E-state index contributed by atoms with van der Waals surface area (Å²) in [7, 11) is -3.83. The van der Waals surface area contributed by atoms with Crippen LogP contribution in [0.25, 0.3) is 0 Å². The molecule has 1 aliphatic heterocycles. The zero-order valence-electron chi connectivity index (χ0n) is 20.1. The van der Waals surface area contributed by atoms with E-state index in [0.29, 0.717) is 42.4 Å². The number of ether oxygens (including phenoxy) is 1. The summed E-state index contributed by atoms with van der Waals surface area (Å²) >= 11 is 0. The molecule has 5 rings (SSSR count). The zero-order chi connectivity index (χ0) is 25.1. The molecule has 190 valence electrons. The molecular formula is C27H30FN3O4S. The molecule has 7 nitrogen and oxygen atoms in total. The maximum Gasteiger partial charge on any atom is 0.254 e. The van der Waals surface area contributed by atoms with Gasteiger partial charge in [0, 0.05) is 18.7 Å². The van der Waals surface area contributed by atoms with Crippen LogP contribution in [0.2, 0.25) is 0 Å². The van der Waals surface area contributed by atoms with E-state index in [4.69, 9.17) is 4.74 Å². The average Bonchev–Trinajstić information content (AvgIpc) is 3.37.